The van der Waals surface area contributed by atoms with E-state index in [1.807, 2.05) is 61.3 Å². The fourth-order valence-corrected chi connectivity index (χ4v) is 2.50. The fourth-order valence-electron chi connectivity index (χ4n) is 2.50. The highest BCUT2D eigenvalue weighted by molar-refractivity contribution is 6.04. The summed E-state index contributed by atoms with van der Waals surface area (Å²) >= 11 is 0. The fraction of sp³-hybridized carbons (Fsp3) is 0.0909. The van der Waals surface area contributed by atoms with Crippen LogP contribution in [-0.4, -0.2) is 29.4 Å². The summed E-state index contributed by atoms with van der Waals surface area (Å²) in [4.78, 5) is 18.3. The molecule has 26 heavy (non-hydrogen) atoms. The number of hydrogen-bond donors (Lipinski definition) is 0. The Balaban J connectivity index is 1.60. The summed E-state index contributed by atoms with van der Waals surface area (Å²) in [5.41, 5.74) is 3.89. The van der Waals surface area contributed by atoms with Crippen LogP contribution in [0, 0.1) is 0 Å². The molecular formula is C22H21N3O. The van der Waals surface area contributed by atoms with Crippen molar-refractivity contribution in [1.29, 1.82) is 0 Å². The molecule has 0 saturated carbocycles. The minimum Gasteiger partial charge on any atom is -0.378 e. The van der Waals surface area contributed by atoms with E-state index in [4.69, 9.17) is 0 Å². The molecule has 0 aliphatic carbocycles. The summed E-state index contributed by atoms with van der Waals surface area (Å²) in [5.74, 6) is -0.0187. The van der Waals surface area contributed by atoms with Crippen molar-refractivity contribution in [2.24, 2.45) is 0 Å². The van der Waals surface area contributed by atoms with E-state index in [1.54, 1.807) is 24.7 Å². The third-order valence-electron chi connectivity index (χ3n) is 4.01. The van der Waals surface area contributed by atoms with E-state index < -0.39 is 0 Å². The lowest BCUT2D eigenvalue weighted by atomic mass is 10.1. The quantitative estimate of drug-likeness (QED) is 0.378. The summed E-state index contributed by atoms with van der Waals surface area (Å²) in [5, 5.41) is 0. The molecule has 4 nitrogen and oxygen atoms in total. The number of anilines is 1. The molecule has 3 rings (SSSR count). The van der Waals surface area contributed by atoms with Gasteiger partial charge in [0.15, 0.2) is 5.78 Å². The molecular weight excluding hydrogens is 322 g/mol. The molecule has 0 spiro atoms. The van der Waals surface area contributed by atoms with Gasteiger partial charge in [-0.25, -0.2) is 4.98 Å². The number of carbonyl (C=O) groups excluding carboxylic acids is 1. The maximum atomic E-state index is 12.2. The van der Waals surface area contributed by atoms with Crippen LogP contribution in [0.4, 0.5) is 5.69 Å². The number of carbonyl (C=O) groups is 1. The number of imidazole rings is 1. The molecule has 0 atom stereocenters. The van der Waals surface area contributed by atoms with Crippen molar-refractivity contribution in [3.8, 4) is 5.69 Å². The zero-order chi connectivity index (χ0) is 18.4. The summed E-state index contributed by atoms with van der Waals surface area (Å²) in [6.45, 7) is 0. The second-order valence-electron chi connectivity index (χ2n) is 6.09. The van der Waals surface area contributed by atoms with Crippen molar-refractivity contribution in [2.45, 2.75) is 0 Å². The summed E-state index contributed by atoms with van der Waals surface area (Å²) in [6, 6.07) is 15.7. The van der Waals surface area contributed by atoms with E-state index in [0.717, 1.165) is 16.9 Å². The van der Waals surface area contributed by atoms with Crippen LogP contribution in [0.2, 0.25) is 0 Å². The predicted molar refractivity (Wildman–Crippen MR) is 107 cm³/mol. The largest absolute Gasteiger partial charge is 0.378 e. The highest BCUT2D eigenvalue weighted by Gasteiger charge is 2.02. The van der Waals surface area contributed by atoms with Gasteiger partial charge in [0.2, 0.25) is 0 Å². The molecule has 0 aliphatic rings. The zero-order valence-electron chi connectivity index (χ0n) is 14.9. The number of ketones is 1. The Morgan fingerprint density at radius 2 is 1.73 bits per heavy atom. The number of hydrogen-bond acceptors (Lipinski definition) is 3. The Labute approximate surface area is 153 Å². The predicted octanol–water partition coefficient (Wildman–Crippen LogP) is 4.39. The maximum absolute atomic E-state index is 12.2. The molecule has 0 amide bonds. The first kappa shape index (κ1) is 17.4. The van der Waals surface area contributed by atoms with Gasteiger partial charge in [-0.3, -0.25) is 4.79 Å². The first-order chi connectivity index (χ1) is 12.6. The van der Waals surface area contributed by atoms with Crippen LogP contribution in [0.3, 0.4) is 0 Å². The van der Waals surface area contributed by atoms with Gasteiger partial charge in [-0.15, -0.1) is 0 Å². The topological polar surface area (TPSA) is 38.1 Å². The number of allylic oxidation sites excluding steroid dienone is 3. The van der Waals surface area contributed by atoms with Crippen molar-refractivity contribution in [1.82, 2.24) is 9.55 Å². The van der Waals surface area contributed by atoms with Crippen molar-refractivity contribution in [3.63, 3.8) is 0 Å². The second kappa shape index (κ2) is 8.12. The van der Waals surface area contributed by atoms with E-state index in [-0.39, 0.29) is 5.78 Å². The number of nitrogens with zero attached hydrogens (tertiary/aromatic N) is 3. The molecule has 0 aliphatic heterocycles. The summed E-state index contributed by atoms with van der Waals surface area (Å²) in [7, 11) is 4.03. The van der Waals surface area contributed by atoms with Gasteiger partial charge in [0.25, 0.3) is 0 Å². The first-order valence-corrected chi connectivity index (χ1v) is 8.38. The van der Waals surface area contributed by atoms with E-state index in [0.29, 0.717) is 5.56 Å². The van der Waals surface area contributed by atoms with E-state index in [2.05, 4.69) is 34.1 Å². The molecule has 0 unspecified atom stereocenters. The average Bonchev–Trinajstić information content (AvgIpc) is 3.20. The molecule has 0 saturated heterocycles. The lowest BCUT2D eigenvalue weighted by Crippen LogP contribution is -2.07. The van der Waals surface area contributed by atoms with Crippen molar-refractivity contribution < 1.29 is 4.79 Å². The second-order valence-corrected chi connectivity index (χ2v) is 6.09. The Morgan fingerprint density at radius 3 is 2.35 bits per heavy atom. The molecule has 0 N–H and O–H groups in total. The Hall–Kier alpha value is -3.40. The minimum absolute atomic E-state index is 0.0187. The van der Waals surface area contributed by atoms with Gasteiger partial charge in [-0.05, 0) is 48.0 Å². The monoisotopic (exact) mass is 343 g/mol. The summed E-state index contributed by atoms with van der Waals surface area (Å²) in [6.07, 6.45) is 12.5. The number of aromatic nitrogens is 2. The van der Waals surface area contributed by atoms with Gasteiger partial charge in [-0.1, -0.05) is 30.4 Å². The van der Waals surface area contributed by atoms with Crippen LogP contribution < -0.4 is 4.90 Å². The zero-order valence-corrected chi connectivity index (χ0v) is 14.9. The van der Waals surface area contributed by atoms with E-state index >= 15 is 0 Å². The lowest BCUT2D eigenvalue weighted by molar-refractivity contribution is 0.104. The highest BCUT2D eigenvalue weighted by atomic mass is 16.1. The SMILES string of the molecule is CN(C)c1ccc(/C=C/C=C/C(=O)c2ccc(-n3ccnc3)cc2)cc1. The van der Waals surface area contributed by atoms with Crippen LogP contribution in [0.1, 0.15) is 15.9 Å². The lowest BCUT2D eigenvalue weighted by Gasteiger charge is -2.11. The molecule has 1 aromatic heterocycles. The van der Waals surface area contributed by atoms with Crippen LogP contribution in [-0.2, 0) is 0 Å². The smallest absolute Gasteiger partial charge is 0.185 e. The maximum Gasteiger partial charge on any atom is 0.185 e. The van der Waals surface area contributed by atoms with E-state index in [9.17, 15) is 4.79 Å². The molecule has 3 aromatic rings. The number of rotatable bonds is 6. The van der Waals surface area contributed by atoms with Crippen LogP contribution in [0.5, 0.6) is 0 Å². The summed E-state index contributed by atoms with van der Waals surface area (Å²) < 4.78 is 1.90. The molecule has 0 fully saturated rings. The molecule has 130 valence electrons. The van der Waals surface area contributed by atoms with Crippen molar-refractivity contribution in [2.75, 3.05) is 19.0 Å². The molecule has 4 heteroatoms. The molecule has 1 heterocycles. The third-order valence-corrected chi connectivity index (χ3v) is 4.01. The third kappa shape index (κ3) is 4.36. The van der Waals surface area contributed by atoms with Gasteiger partial charge < -0.3 is 9.47 Å². The van der Waals surface area contributed by atoms with Crippen molar-refractivity contribution in [3.05, 3.63) is 96.6 Å². The van der Waals surface area contributed by atoms with Gasteiger partial charge >= 0.3 is 0 Å². The Morgan fingerprint density at radius 1 is 1.00 bits per heavy atom. The normalized spacial score (nSPS) is 11.3. The van der Waals surface area contributed by atoms with Gasteiger partial charge in [-0.2, -0.15) is 0 Å². The highest BCUT2D eigenvalue weighted by Crippen LogP contribution is 2.13. The van der Waals surface area contributed by atoms with E-state index in [1.165, 1.54) is 0 Å². The Bertz CT molecular complexity index is 903. The molecule has 0 bridgehead atoms. The first-order valence-electron chi connectivity index (χ1n) is 8.38. The van der Waals surface area contributed by atoms with Gasteiger partial charge in [0.1, 0.15) is 0 Å². The minimum atomic E-state index is -0.0187. The van der Waals surface area contributed by atoms with Gasteiger partial charge in [0, 0.05) is 43.4 Å². The average molecular weight is 343 g/mol. The van der Waals surface area contributed by atoms with Gasteiger partial charge in [0.05, 0.1) is 6.33 Å². The van der Waals surface area contributed by atoms with Crippen LogP contribution >= 0.6 is 0 Å². The number of benzene rings is 2. The van der Waals surface area contributed by atoms with Crippen molar-refractivity contribution >= 4 is 17.5 Å². The Kier molecular flexibility index (Phi) is 5.44. The molecule has 0 radical (unpaired) electrons. The molecule has 2 aromatic carbocycles. The standard InChI is InChI=1S/C22H21N3O/c1-24(2)20-11-7-18(8-12-20)5-3-4-6-22(26)19-9-13-21(14-10-19)25-16-15-23-17-25/h3-17H,1-2H3/b5-3+,6-4+. The van der Waals surface area contributed by atoms with Crippen LogP contribution in [0.15, 0.2) is 85.5 Å². The van der Waals surface area contributed by atoms with Crippen LogP contribution in [0.25, 0.3) is 11.8 Å².